The first kappa shape index (κ1) is 12.3. The van der Waals surface area contributed by atoms with E-state index < -0.39 is 6.04 Å². The van der Waals surface area contributed by atoms with E-state index in [4.69, 9.17) is 0 Å². The fourth-order valence-electron chi connectivity index (χ4n) is 3.82. The molecule has 2 aliphatic carbocycles. The van der Waals surface area contributed by atoms with Crippen molar-refractivity contribution in [3.63, 3.8) is 0 Å². The lowest BCUT2D eigenvalue weighted by atomic mass is 9.62. The highest BCUT2D eigenvalue weighted by molar-refractivity contribution is 5.86. The van der Waals surface area contributed by atoms with E-state index in [-0.39, 0.29) is 28.5 Å². The molecule has 0 aromatic heterocycles. The fraction of sp³-hybridized carbons (Fsp3) is 0.533. The van der Waals surface area contributed by atoms with E-state index in [2.05, 4.69) is 0 Å². The molecule has 4 nitrogen and oxygen atoms in total. The van der Waals surface area contributed by atoms with Crippen LogP contribution in [0.3, 0.4) is 0 Å². The molecule has 2 fully saturated rings. The largest absolute Gasteiger partial charge is 0.299 e. The SMILES string of the molecule is O=C1[C@@H]2CCC[C@H]1[C@H](c1ccccc1)[C@@H]([N+](=O)[O-])C2. The average Bonchev–Trinajstić information content (AvgIpc) is 2.39. The Hall–Kier alpha value is -1.71. The van der Waals surface area contributed by atoms with Gasteiger partial charge in [0.05, 0.1) is 5.92 Å². The fourth-order valence-corrected chi connectivity index (χ4v) is 3.82. The molecule has 0 unspecified atom stereocenters. The Morgan fingerprint density at radius 3 is 2.58 bits per heavy atom. The van der Waals surface area contributed by atoms with Crippen LogP contribution >= 0.6 is 0 Å². The molecular weight excluding hydrogens is 242 g/mol. The molecular formula is C15H17NO3. The number of hydrogen-bond acceptors (Lipinski definition) is 3. The van der Waals surface area contributed by atoms with Crippen LogP contribution in [0.2, 0.25) is 0 Å². The van der Waals surface area contributed by atoms with Crippen LogP contribution < -0.4 is 0 Å². The van der Waals surface area contributed by atoms with Crippen LogP contribution in [-0.2, 0) is 4.79 Å². The number of hydrogen-bond donors (Lipinski definition) is 0. The first-order valence-corrected chi connectivity index (χ1v) is 6.90. The Morgan fingerprint density at radius 2 is 1.89 bits per heavy atom. The van der Waals surface area contributed by atoms with Crippen LogP contribution in [0.5, 0.6) is 0 Å². The molecule has 2 bridgehead atoms. The number of ketones is 1. The van der Waals surface area contributed by atoms with Gasteiger partial charge >= 0.3 is 0 Å². The Morgan fingerprint density at radius 1 is 1.16 bits per heavy atom. The van der Waals surface area contributed by atoms with Crippen molar-refractivity contribution in [1.82, 2.24) is 0 Å². The zero-order valence-electron chi connectivity index (χ0n) is 10.7. The van der Waals surface area contributed by atoms with Crippen LogP contribution in [0, 0.1) is 22.0 Å². The van der Waals surface area contributed by atoms with Crippen LogP contribution in [0.15, 0.2) is 30.3 Å². The molecule has 0 saturated heterocycles. The van der Waals surface area contributed by atoms with E-state index in [1.165, 1.54) is 0 Å². The summed E-state index contributed by atoms with van der Waals surface area (Å²) in [6.07, 6.45) is 3.08. The number of nitro groups is 1. The summed E-state index contributed by atoms with van der Waals surface area (Å²) in [5, 5.41) is 11.4. The standard InChI is InChI=1S/C15H17NO3/c17-15-11-7-4-8-12(15)14(13(9-11)16(18)19)10-5-2-1-3-6-10/h1-3,5-6,11-14H,4,7-9H2/t11-,12+,13+,14+/m1/s1. The Balaban J connectivity index is 2.01. The molecule has 1 aromatic rings. The third-order valence-corrected chi connectivity index (χ3v) is 4.66. The van der Waals surface area contributed by atoms with Gasteiger partial charge in [0.25, 0.3) is 0 Å². The summed E-state index contributed by atoms with van der Waals surface area (Å²) < 4.78 is 0. The van der Waals surface area contributed by atoms with Crippen molar-refractivity contribution in [2.45, 2.75) is 37.6 Å². The number of fused-ring (bicyclic) bond motifs is 2. The van der Waals surface area contributed by atoms with Gasteiger partial charge in [-0.25, -0.2) is 0 Å². The number of carbonyl (C=O) groups is 1. The van der Waals surface area contributed by atoms with Crippen molar-refractivity contribution >= 4 is 5.78 Å². The van der Waals surface area contributed by atoms with Gasteiger partial charge in [0.1, 0.15) is 5.78 Å². The summed E-state index contributed by atoms with van der Waals surface area (Å²) in [4.78, 5) is 23.5. The summed E-state index contributed by atoms with van der Waals surface area (Å²) in [6.45, 7) is 0. The third kappa shape index (κ3) is 2.05. The molecule has 0 radical (unpaired) electrons. The molecule has 0 heterocycles. The number of nitrogens with zero attached hydrogens (tertiary/aromatic N) is 1. The minimum absolute atomic E-state index is 0.0749. The quantitative estimate of drug-likeness (QED) is 0.606. The van der Waals surface area contributed by atoms with E-state index in [1.807, 2.05) is 30.3 Å². The number of Topliss-reactive ketones (excluding diaryl/α,β-unsaturated/α-hetero) is 1. The van der Waals surface area contributed by atoms with Gasteiger partial charge in [-0.2, -0.15) is 0 Å². The van der Waals surface area contributed by atoms with Crippen LogP contribution in [0.25, 0.3) is 0 Å². The zero-order valence-corrected chi connectivity index (χ0v) is 10.7. The van der Waals surface area contributed by atoms with Crippen LogP contribution in [-0.4, -0.2) is 16.7 Å². The first-order valence-electron chi connectivity index (χ1n) is 6.90. The molecule has 100 valence electrons. The molecule has 0 aliphatic heterocycles. The van der Waals surface area contributed by atoms with E-state index in [9.17, 15) is 14.9 Å². The molecule has 0 spiro atoms. The van der Waals surface area contributed by atoms with E-state index in [0.717, 1.165) is 24.8 Å². The van der Waals surface area contributed by atoms with Crippen molar-refractivity contribution in [2.75, 3.05) is 0 Å². The molecule has 0 amide bonds. The van der Waals surface area contributed by atoms with Crippen molar-refractivity contribution in [1.29, 1.82) is 0 Å². The maximum absolute atomic E-state index is 12.3. The maximum atomic E-state index is 12.3. The second kappa shape index (κ2) is 4.76. The minimum atomic E-state index is -0.601. The Bertz CT molecular complexity index is 497. The van der Waals surface area contributed by atoms with Gasteiger partial charge in [-0.05, 0) is 18.4 Å². The Kier molecular flexibility index (Phi) is 3.09. The van der Waals surface area contributed by atoms with E-state index in [1.54, 1.807) is 0 Å². The number of rotatable bonds is 2. The molecule has 2 aliphatic rings. The van der Waals surface area contributed by atoms with Crippen molar-refractivity contribution < 1.29 is 9.72 Å². The van der Waals surface area contributed by atoms with Crippen molar-refractivity contribution in [2.24, 2.45) is 11.8 Å². The number of benzene rings is 1. The van der Waals surface area contributed by atoms with Gasteiger partial charge in [0.15, 0.2) is 0 Å². The summed E-state index contributed by atoms with van der Waals surface area (Å²) in [5.74, 6) is -0.196. The molecule has 4 heteroatoms. The predicted molar refractivity (Wildman–Crippen MR) is 70.4 cm³/mol. The van der Waals surface area contributed by atoms with Crippen LogP contribution in [0.4, 0.5) is 0 Å². The second-order valence-electron chi connectivity index (χ2n) is 5.66. The summed E-state index contributed by atoms with van der Waals surface area (Å²) in [6, 6.07) is 8.93. The normalized spacial score (nSPS) is 34.0. The highest BCUT2D eigenvalue weighted by atomic mass is 16.6. The van der Waals surface area contributed by atoms with Crippen molar-refractivity contribution in [3.05, 3.63) is 46.0 Å². The Labute approximate surface area is 112 Å². The van der Waals surface area contributed by atoms with Gasteiger partial charge in [-0.15, -0.1) is 0 Å². The van der Waals surface area contributed by atoms with Crippen LogP contribution in [0.1, 0.15) is 37.2 Å². The molecule has 4 atom stereocenters. The van der Waals surface area contributed by atoms with E-state index in [0.29, 0.717) is 6.42 Å². The first-order chi connectivity index (χ1) is 9.18. The molecule has 0 N–H and O–H groups in total. The summed E-state index contributed by atoms with van der Waals surface area (Å²) in [5.41, 5.74) is 0.947. The lowest BCUT2D eigenvalue weighted by Crippen LogP contribution is -2.47. The monoisotopic (exact) mass is 259 g/mol. The van der Waals surface area contributed by atoms with Gasteiger partial charge < -0.3 is 0 Å². The lowest BCUT2D eigenvalue weighted by Gasteiger charge is -2.40. The van der Waals surface area contributed by atoms with Gasteiger partial charge in [0, 0.05) is 23.2 Å². The predicted octanol–water partition coefficient (Wildman–Crippen LogP) is 2.80. The maximum Gasteiger partial charge on any atom is 0.221 e. The molecule has 19 heavy (non-hydrogen) atoms. The van der Waals surface area contributed by atoms with E-state index >= 15 is 0 Å². The third-order valence-electron chi connectivity index (χ3n) is 4.66. The molecule has 2 saturated carbocycles. The van der Waals surface area contributed by atoms with Gasteiger partial charge in [0.2, 0.25) is 6.04 Å². The highest BCUT2D eigenvalue weighted by Gasteiger charge is 2.51. The summed E-state index contributed by atoms with van der Waals surface area (Å²) >= 11 is 0. The number of carbonyl (C=O) groups excluding carboxylic acids is 1. The van der Waals surface area contributed by atoms with Gasteiger partial charge in [-0.3, -0.25) is 14.9 Å². The zero-order chi connectivity index (χ0) is 13.4. The highest BCUT2D eigenvalue weighted by Crippen LogP contribution is 2.46. The topological polar surface area (TPSA) is 60.2 Å². The lowest BCUT2D eigenvalue weighted by molar-refractivity contribution is -0.532. The second-order valence-corrected chi connectivity index (χ2v) is 5.66. The summed E-state index contributed by atoms with van der Waals surface area (Å²) in [7, 11) is 0. The molecule has 3 rings (SSSR count). The minimum Gasteiger partial charge on any atom is -0.299 e. The van der Waals surface area contributed by atoms with Gasteiger partial charge in [-0.1, -0.05) is 36.8 Å². The average molecular weight is 259 g/mol. The molecule has 1 aromatic carbocycles. The smallest absolute Gasteiger partial charge is 0.221 e. The van der Waals surface area contributed by atoms with Crippen molar-refractivity contribution in [3.8, 4) is 0 Å².